The molecule has 9 heteroatoms. The highest BCUT2D eigenvalue weighted by atomic mass is 35.5. The monoisotopic (exact) mass is 513 g/mol. The SMILES string of the molecule is CC(C)C[C@H](NC(=O)c1ccccc1Cl)c1nnc(SCC(=O)Nc2ccccc2C(C)C)n1C. The van der Waals surface area contributed by atoms with Crippen LogP contribution < -0.4 is 10.6 Å². The van der Waals surface area contributed by atoms with Crippen molar-refractivity contribution in [1.29, 1.82) is 0 Å². The van der Waals surface area contributed by atoms with E-state index >= 15 is 0 Å². The van der Waals surface area contributed by atoms with E-state index in [0.29, 0.717) is 39.8 Å². The van der Waals surface area contributed by atoms with Gasteiger partial charge in [-0.05, 0) is 42.0 Å². The predicted octanol–water partition coefficient (Wildman–Crippen LogP) is 5.84. The Balaban J connectivity index is 1.70. The van der Waals surface area contributed by atoms with Gasteiger partial charge in [-0.25, -0.2) is 0 Å². The second-order valence-electron chi connectivity index (χ2n) is 9.11. The van der Waals surface area contributed by atoms with Gasteiger partial charge >= 0.3 is 0 Å². The number of aromatic nitrogens is 3. The Hall–Kier alpha value is -2.84. The molecule has 1 atom stereocenters. The summed E-state index contributed by atoms with van der Waals surface area (Å²) in [5, 5.41) is 15.7. The Morgan fingerprint density at radius 1 is 1.03 bits per heavy atom. The second-order valence-corrected chi connectivity index (χ2v) is 10.5. The highest BCUT2D eigenvalue weighted by molar-refractivity contribution is 7.99. The van der Waals surface area contributed by atoms with Crippen LogP contribution in [-0.2, 0) is 11.8 Å². The van der Waals surface area contributed by atoms with Gasteiger partial charge in [0.1, 0.15) is 0 Å². The summed E-state index contributed by atoms with van der Waals surface area (Å²) in [5.74, 6) is 1.07. The number of amides is 2. The minimum absolute atomic E-state index is 0.113. The van der Waals surface area contributed by atoms with Gasteiger partial charge in [-0.3, -0.25) is 9.59 Å². The van der Waals surface area contributed by atoms with E-state index in [9.17, 15) is 9.59 Å². The fourth-order valence-electron chi connectivity index (χ4n) is 3.77. The number of anilines is 1. The van der Waals surface area contributed by atoms with Crippen molar-refractivity contribution in [1.82, 2.24) is 20.1 Å². The molecule has 0 saturated carbocycles. The Kier molecular flexibility index (Phi) is 9.34. The van der Waals surface area contributed by atoms with Gasteiger partial charge in [0.2, 0.25) is 5.91 Å². The molecular formula is C26H32ClN5O2S. The van der Waals surface area contributed by atoms with Gasteiger partial charge in [-0.15, -0.1) is 10.2 Å². The van der Waals surface area contributed by atoms with Gasteiger partial charge < -0.3 is 15.2 Å². The molecule has 2 N–H and O–H groups in total. The van der Waals surface area contributed by atoms with Crippen LogP contribution in [0.15, 0.2) is 53.7 Å². The first-order valence-corrected chi connectivity index (χ1v) is 13.0. The number of rotatable bonds is 10. The predicted molar refractivity (Wildman–Crippen MR) is 142 cm³/mol. The molecule has 0 aliphatic carbocycles. The summed E-state index contributed by atoms with van der Waals surface area (Å²) in [5.41, 5.74) is 2.33. The normalized spacial score (nSPS) is 12.1. The third-order valence-electron chi connectivity index (χ3n) is 5.50. The number of hydrogen-bond donors (Lipinski definition) is 2. The van der Waals surface area contributed by atoms with Crippen LogP contribution in [-0.4, -0.2) is 32.3 Å². The maximum absolute atomic E-state index is 12.9. The quantitative estimate of drug-likeness (QED) is 0.332. The van der Waals surface area contributed by atoms with E-state index in [1.54, 1.807) is 24.3 Å². The molecule has 0 unspecified atom stereocenters. The number of para-hydroxylation sites is 1. The summed E-state index contributed by atoms with van der Waals surface area (Å²) in [6, 6.07) is 14.4. The number of hydrogen-bond acceptors (Lipinski definition) is 5. The van der Waals surface area contributed by atoms with Crippen molar-refractivity contribution in [3.8, 4) is 0 Å². The number of halogens is 1. The highest BCUT2D eigenvalue weighted by Crippen LogP contribution is 2.26. The van der Waals surface area contributed by atoms with E-state index in [0.717, 1.165) is 11.3 Å². The molecule has 3 rings (SSSR count). The van der Waals surface area contributed by atoms with Gasteiger partial charge in [0.15, 0.2) is 11.0 Å². The maximum atomic E-state index is 12.9. The summed E-state index contributed by atoms with van der Waals surface area (Å²) < 4.78 is 1.83. The molecule has 0 aliphatic rings. The molecular weight excluding hydrogens is 482 g/mol. The Morgan fingerprint density at radius 3 is 2.40 bits per heavy atom. The largest absolute Gasteiger partial charge is 0.342 e. The third kappa shape index (κ3) is 7.08. The van der Waals surface area contributed by atoms with E-state index < -0.39 is 0 Å². The van der Waals surface area contributed by atoms with Crippen LogP contribution in [0.5, 0.6) is 0 Å². The molecule has 0 aliphatic heterocycles. The first-order chi connectivity index (χ1) is 16.7. The van der Waals surface area contributed by atoms with E-state index in [1.807, 2.05) is 35.9 Å². The lowest BCUT2D eigenvalue weighted by Gasteiger charge is -2.20. The van der Waals surface area contributed by atoms with Crippen LogP contribution in [0.2, 0.25) is 5.02 Å². The van der Waals surface area contributed by atoms with Gasteiger partial charge in [-0.2, -0.15) is 0 Å². The zero-order valence-corrected chi connectivity index (χ0v) is 22.3. The average Bonchev–Trinajstić information content (AvgIpc) is 3.17. The number of carbonyl (C=O) groups is 2. The van der Waals surface area contributed by atoms with Gasteiger partial charge in [0.05, 0.1) is 22.4 Å². The van der Waals surface area contributed by atoms with Crippen LogP contribution in [0.3, 0.4) is 0 Å². The minimum atomic E-state index is -0.350. The lowest BCUT2D eigenvalue weighted by atomic mass is 10.0. The summed E-state index contributed by atoms with van der Waals surface area (Å²) in [4.78, 5) is 25.5. The van der Waals surface area contributed by atoms with Crippen molar-refractivity contribution < 1.29 is 9.59 Å². The molecule has 1 aromatic heterocycles. The van der Waals surface area contributed by atoms with Crippen LogP contribution in [0.25, 0.3) is 0 Å². The van der Waals surface area contributed by atoms with Crippen molar-refractivity contribution in [3.05, 3.63) is 70.5 Å². The van der Waals surface area contributed by atoms with Crippen molar-refractivity contribution in [2.24, 2.45) is 13.0 Å². The summed E-state index contributed by atoms with van der Waals surface area (Å²) >= 11 is 7.52. The molecule has 186 valence electrons. The van der Waals surface area contributed by atoms with Crippen molar-refractivity contribution in [2.45, 2.75) is 51.2 Å². The number of benzene rings is 2. The number of carbonyl (C=O) groups excluding carboxylic acids is 2. The molecule has 1 heterocycles. The number of nitrogens with one attached hydrogen (secondary N) is 2. The standard InChI is InChI=1S/C26H32ClN5O2S/c1-16(2)14-22(29-25(34)19-11-6-8-12-20(19)27)24-30-31-26(32(24)5)35-15-23(33)28-21-13-9-7-10-18(21)17(3)4/h6-13,16-17,22H,14-15H2,1-5H3,(H,28,33)(H,29,34)/t22-/m0/s1. The zero-order chi connectivity index (χ0) is 25.5. The van der Waals surface area contributed by atoms with E-state index in [1.165, 1.54) is 11.8 Å². The van der Waals surface area contributed by atoms with Crippen LogP contribution in [0.4, 0.5) is 5.69 Å². The Morgan fingerprint density at radius 2 is 1.71 bits per heavy atom. The van der Waals surface area contributed by atoms with Crippen molar-refractivity contribution in [2.75, 3.05) is 11.1 Å². The molecule has 0 bridgehead atoms. The Bertz CT molecular complexity index is 1180. The fourth-order valence-corrected chi connectivity index (χ4v) is 4.71. The zero-order valence-electron chi connectivity index (χ0n) is 20.7. The van der Waals surface area contributed by atoms with Gasteiger partial charge in [0.25, 0.3) is 5.91 Å². The number of thioether (sulfide) groups is 1. The lowest BCUT2D eigenvalue weighted by Crippen LogP contribution is -2.31. The topological polar surface area (TPSA) is 88.9 Å². The third-order valence-corrected chi connectivity index (χ3v) is 6.85. The summed E-state index contributed by atoms with van der Waals surface area (Å²) in [7, 11) is 1.85. The van der Waals surface area contributed by atoms with Crippen LogP contribution in [0, 0.1) is 5.92 Å². The molecule has 0 fully saturated rings. The highest BCUT2D eigenvalue weighted by Gasteiger charge is 2.24. The molecule has 0 spiro atoms. The minimum Gasteiger partial charge on any atom is -0.342 e. The first-order valence-electron chi connectivity index (χ1n) is 11.6. The molecule has 3 aromatic rings. The van der Waals surface area contributed by atoms with E-state index in [-0.39, 0.29) is 23.6 Å². The Labute approximate surface area is 216 Å². The first kappa shape index (κ1) is 26.8. The molecule has 0 radical (unpaired) electrons. The second kappa shape index (κ2) is 12.2. The van der Waals surface area contributed by atoms with Crippen LogP contribution in [0.1, 0.15) is 67.8 Å². The molecule has 35 heavy (non-hydrogen) atoms. The van der Waals surface area contributed by atoms with Crippen molar-refractivity contribution in [3.63, 3.8) is 0 Å². The maximum Gasteiger partial charge on any atom is 0.253 e. The van der Waals surface area contributed by atoms with Gasteiger partial charge in [-0.1, -0.05) is 81.4 Å². The summed E-state index contributed by atoms with van der Waals surface area (Å²) in [6.45, 7) is 8.36. The number of nitrogens with zero attached hydrogens (tertiary/aromatic N) is 3. The fraction of sp³-hybridized carbons (Fsp3) is 0.385. The molecule has 2 amide bonds. The van der Waals surface area contributed by atoms with E-state index in [4.69, 9.17) is 11.6 Å². The molecule has 0 saturated heterocycles. The molecule has 7 nitrogen and oxygen atoms in total. The summed E-state index contributed by atoms with van der Waals surface area (Å²) in [6.07, 6.45) is 0.680. The average molecular weight is 514 g/mol. The van der Waals surface area contributed by atoms with E-state index in [2.05, 4.69) is 48.5 Å². The van der Waals surface area contributed by atoms with Crippen LogP contribution >= 0.6 is 23.4 Å². The van der Waals surface area contributed by atoms with Crippen molar-refractivity contribution >= 4 is 40.9 Å². The molecule has 2 aromatic carbocycles. The van der Waals surface area contributed by atoms with Gasteiger partial charge in [0, 0.05) is 12.7 Å². The smallest absolute Gasteiger partial charge is 0.253 e. The lowest BCUT2D eigenvalue weighted by molar-refractivity contribution is -0.113.